The lowest BCUT2D eigenvalue weighted by atomic mass is 10.0. The molecule has 0 unspecified atom stereocenters. The van der Waals surface area contributed by atoms with Crippen LogP contribution in [0.2, 0.25) is 0 Å². The predicted octanol–water partition coefficient (Wildman–Crippen LogP) is 3.44. The zero-order valence-electron chi connectivity index (χ0n) is 15.0. The zero-order valence-corrected chi connectivity index (χ0v) is 15.8. The highest BCUT2D eigenvalue weighted by molar-refractivity contribution is 7.89. The van der Waals surface area contributed by atoms with Crippen LogP contribution in [0.15, 0.2) is 23.1 Å². The number of alkyl halides is 1. The van der Waals surface area contributed by atoms with E-state index in [0.29, 0.717) is 5.92 Å². The van der Waals surface area contributed by atoms with Gasteiger partial charge in [-0.1, -0.05) is 6.42 Å². The third-order valence-electron chi connectivity index (χ3n) is 5.13. The van der Waals surface area contributed by atoms with Crippen molar-refractivity contribution >= 4 is 15.7 Å². The van der Waals surface area contributed by atoms with E-state index in [1.165, 1.54) is 12.5 Å². The molecule has 0 atom stereocenters. The Hall–Kier alpha value is -1.18. The Labute approximate surface area is 150 Å². The molecule has 2 N–H and O–H groups in total. The van der Waals surface area contributed by atoms with E-state index in [4.69, 9.17) is 0 Å². The van der Waals surface area contributed by atoms with Gasteiger partial charge in [0.2, 0.25) is 10.0 Å². The molecule has 1 aromatic carbocycles. The number of sulfonamides is 1. The molecular weight excluding hydrogens is 341 g/mol. The summed E-state index contributed by atoms with van der Waals surface area (Å²) in [5.41, 5.74) is 3.69. The van der Waals surface area contributed by atoms with E-state index in [1.807, 2.05) is 13.8 Å². The van der Waals surface area contributed by atoms with E-state index in [-0.39, 0.29) is 10.5 Å². The van der Waals surface area contributed by atoms with Crippen molar-refractivity contribution in [1.29, 1.82) is 0 Å². The maximum Gasteiger partial charge on any atom is 0.241 e. The van der Waals surface area contributed by atoms with Crippen molar-refractivity contribution in [1.82, 2.24) is 9.73 Å². The number of halogens is 1. The summed E-state index contributed by atoms with van der Waals surface area (Å²) >= 11 is 0. The van der Waals surface area contributed by atoms with Crippen LogP contribution in [-0.4, -0.2) is 32.1 Å². The Morgan fingerprint density at radius 3 is 2.48 bits per heavy atom. The Morgan fingerprint density at radius 1 is 1.20 bits per heavy atom. The number of benzene rings is 1. The van der Waals surface area contributed by atoms with Gasteiger partial charge < -0.3 is 5.43 Å². The normalized spacial score (nSPS) is 19.8. The van der Waals surface area contributed by atoms with Gasteiger partial charge in [-0.15, -0.1) is 0 Å². The van der Waals surface area contributed by atoms with E-state index < -0.39 is 22.2 Å². The number of nitrogens with zero attached hydrogens (tertiary/aromatic N) is 1. The lowest BCUT2D eigenvalue weighted by Crippen LogP contribution is -2.45. The minimum absolute atomic E-state index is 0.0351. The van der Waals surface area contributed by atoms with E-state index >= 15 is 0 Å². The summed E-state index contributed by atoms with van der Waals surface area (Å²) in [6.07, 6.45) is 5.56. The maximum atomic E-state index is 13.5. The van der Waals surface area contributed by atoms with Crippen LogP contribution in [0.25, 0.3) is 0 Å². The smallest absolute Gasteiger partial charge is 0.241 e. The second-order valence-electron chi connectivity index (χ2n) is 7.72. The number of hydrogen-bond acceptors (Lipinski definition) is 4. The lowest BCUT2D eigenvalue weighted by molar-refractivity contribution is 0.273. The third kappa shape index (κ3) is 4.51. The minimum Gasteiger partial charge on any atom is -0.319 e. The molecule has 0 amide bonds. The average Bonchev–Trinajstić information content (AvgIpc) is 3.40. The largest absolute Gasteiger partial charge is 0.319 e. The summed E-state index contributed by atoms with van der Waals surface area (Å²) in [6, 6.07) is 4.83. The highest BCUT2D eigenvalue weighted by Crippen LogP contribution is 2.40. The number of anilines is 1. The number of nitrogens with one attached hydrogen (secondary N) is 2. The standard InChI is InChI=1S/C18H28FN3O2S/c1-18(2,15-6-7-15)21-25(23,24)17-9-8-16(12-14(17)13-19)20-22-10-4-3-5-11-22/h8-9,12,15,20-21H,3-7,10-11,13H2,1-2H3. The summed E-state index contributed by atoms with van der Waals surface area (Å²) in [4.78, 5) is 0.0351. The average molecular weight is 370 g/mol. The molecule has 1 heterocycles. The minimum atomic E-state index is -3.75. The topological polar surface area (TPSA) is 61.4 Å². The van der Waals surface area contributed by atoms with Crippen molar-refractivity contribution in [2.75, 3.05) is 18.5 Å². The molecule has 1 saturated heterocycles. The van der Waals surface area contributed by atoms with Gasteiger partial charge in [0.15, 0.2) is 0 Å². The summed E-state index contributed by atoms with van der Waals surface area (Å²) in [7, 11) is -3.75. The second-order valence-corrected chi connectivity index (χ2v) is 9.37. The molecule has 2 fully saturated rings. The Balaban J connectivity index is 1.78. The molecule has 7 heteroatoms. The summed E-state index contributed by atoms with van der Waals surface area (Å²) in [6.45, 7) is 4.87. The van der Waals surface area contributed by atoms with Gasteiger partial charge in [-0.05, 0) is 63.6 Å². The first-order valence-electron chi connectivity index (χ1n) is 9.06. The monoisotopic (exact) mass is 369 g/mol. The van der Waals surface area contributed by atoms with Crippen LogP contribution >= 0.6 is 0 Å². The van der Waals surface area contributed by atoms with Crippen molar-refractivity contribution in [2.24, 2.45) is 5.92 Å². The van der Waals surface area contributed by atoms with Crippen molar-refractivity contribution in [3.63, 3.8) is 0 Å². The molecule has 0 bridgehead atoms. The van der Waals surface area contributed by atoms with E-state index in [0.717, 1.165) is 44.5 Å². The van der Waals surface area contributed by atoms with Gasteiger partial charge in [-0.25, -0.2) is 22.5 Å². The van der Waals surface area contributed by atoms with Gasteiger partial charge in [0.05, 0.1) is 4.90 Å². The van der Waals surface area contributed by atoms with Gasteiger partial charge in [0, 0.05) is 29.9 Å². The van der Waals surface area contributed by atoms with E-state index in [9.17, 15) is 12.8 Å². The second kappa shape index (κ2) is 7.21. The Kier molecular flexibility index (Phi) is 5.37. The SMILES string of the molecule is CC(C)(NS(=O)(=O)c1ccc(NN2CCCCC2)cc1CF)C1CC1. The molecule has 3 rings (SSSR count). The summed E-state index contributed by atoms with van der Waals surface area (Å²) in [5.74, 6) is 0.358. The van der Waals surface area contributed by atoms with Crippen LogP contribution in [0.5, 0.6) is 0 Å². The van der Waals surface area contributed by atoms with Crippen LogP contribution in [0, 0.1) is 5.92 Å². The Morgan fingerprint density at radius 2 is 1.88 bits per heavy atom. The first-order chi connectivity index (χ1) is 11.8. The first kappa shape index (κ1) is 18.6. The fraction of sp³-hybridized carbons (Fsp3) is 0.667. The number of hydrazine groups is 1. The quantitative estimate of drug-likeness (QED) is 0.773. The summed E-state index contributed by atoms with van der Waals surface area (Å²) in [5, 5.41) is 2.10. The number of piperidine rings is 1. The molecule has 0 aromatic heterocycles. The van der Waals surface area contributed by atoms with Gasteiger partial charge in [-0.2, -0.15) is 0 Å². The molecule has 5 nitrogen and oxygen atoms in total. The molecule has 0 spiro atoms. The highest BCUT2D eigenvalue weighted by atomic mass is 32.2. The zero-order chi connectivity index (χ0) is 18.1. The van der Waals surface area contributed by atoms with Crippen LogP contribution in [0.4, 0.5) is 10.1 Å². The van der Waals surface area contributed by atoms with Crippen molar-refractivity contribution < 1.29 is 12.8 Å². The Bertz CT molecular complexity index is 711. The van der Waals surface area contributed by atoms with Gasteiger partial charge in [0.25, 0.3) is 0 Å². The molecule has 25 heavy (non-hydrogen) atoms. The fourth-order valence-corrected chi connectivity index (χ4v) is 5.17. The van der Waals surface area contributed by atoms with Gasteiger partial charge in [-0.3, -0.25) is 0 Å². The van der Waals surface area contributed by atoms with Crippen LogP contribution < -0.4 is 10.1 Å². The van der Waals surface area contributed by atoms with Gasteiger partial charge >= 0.3 is 0 Å². The van der Waals surface area contributed by atoms with Crippen LogP contribution in [-0.2, 0) is 16.7 Å². The van der Waals surface area contributed by atoms with Crippen molar-refractivity contribution in [3.05, 3.63) is 23.8 Å². The predicted molar refractivity (Wildman–Crippen MR) is 97.4 cm³/mol. The molecule has 2 aliphatic rings. The first-order valence-corrected chi connectivity index (χ1v) is 10.5. The molecule has 1 aliphatic heterocycles. The molecule has 1 aliphatic carbocycles. The number of hydrogen-bond donors (Lipinski definition) is 2. The summed E-state index contributed by atoms with van der Waals surface area (Å²) < 4.78 is 41.8. The molecule has 1 saturated carbocycles. The molecule has 1 aromatic rings. The van der Waals surface area contributed by atoms with Crippen molar-refractivity contribution in [2.45, 2.75) is 63.1 Å². The number of rotatable bonds is 7. The maximum absolute atomic E-state index is 13.5. The van der Waals surface area contributed by atoms with Gasteiger partial charge in [0.1, 0.15) is 6.67 Å². The molecule has 0 radical (unpaired) electrons. The van der Waals surface area contributed by atoms with Crippen molar-refractivity contribution in [3.8, 4) is 0 Å². The van der Waals surface area contributed by atoms with E-state index in [1.54, 1.807) is 12.1 Å². The molecule has 140 valence electrons. The fourth-order valence-electron chi connectivity index (χ4n) is 3.49. The van der Waals surface area contributed by atoms with Crippen LogP contribution in [0.1, 0.15) is 51.5 Å². The third-order valence-corrected chi connectivity index (χ3v) is 6.90. The highest BCUT2D eigenvalue weighted by Gasteiger charge is 2.41. The lowest BCUT2D eigenvalue weighted by Gasteiger charge is -2.28. The van der Waals surface area contributed by atoms with Crippen LogP contribution in [0.3, 0.4) is 0 Å². The molecular formula is C18H28FN3O2S. The van der Waals surface area contributed by atoms with E-state index in [2.05, 4.69) is 15.2 Å².